The minimum atomic E-state index is -2.93. The van der Waals surface area contributed by atoms with Crippen LogP contribution < -0.4 is 9.64 Å². The van der Waals surface area contributed by atoms with Gasteiger partial charge in [-0.15, -0.1) is 10.2 Å². The molecule has 184 valence electrons. The van der Waals surface area contributed by atoms with Gasteiger partial charge in [-0.1, -0.05) is 11.6 Å². The molecule has 0 aliphatic carbocycles. The number of aromatic nitrogens is 4. The lowest BCUT2D eigenvalue weighted by molar-refractivity contribution is -0.152. The van der Waals surface area contributed by atoms with Gasteiger partial charge in [0.25, 0.3) is 0 Å². The first-order valence-corrected chi connectivity index (χ1v) is 13.2. The van der Waals surface area contributed by atoms with E-state index in [0.29, 0.717) is 35.3 Å². The quantitative estimate of drug-likeness (QED) is 0.482. The van der Waals surface area contributed by atoms with Crippen molar-refractivity contribution in [1.82, 2.24) is 19.8 Å². The second kappa shape index (κ2) is 9.10. The molecule has 0 saturated carbocycles. The van der Waals surface area contributed by atoms with Gasteiger partial charge in [0, 0.05) is 18.8 Å². The zero-order valence-electron chi connectivity index (χ0n) is 19.5. The number of aryl methyl sites for hydroxylation is 1. The Bertz CT molecular complexity index is 1290. The first kappa shape index (κ1) is 24.3. The van der Waals surface area contributed by atoms with Crippen LogP contribution in [0.15, 0.2) is 24.3 Å². The SMILES string of the molecule is Cc1[nH]n2c(C(C)(C)COC(=O)C(C)Oc3ccc(N4CCS(=O)(=O)CC4)cc3)nnc2c1Cl. The van der Waals surface area contributed by atoms with Crippen molar-refractivity contribution < 1.29 is 22.7 Å². The molecule has 10 nitrogen and oxygen atoms in total. The number of rotatable bonds is 7. The van der Waals surface area contributed by atoms with Gasteiger partial charge in [-0.05, 0) is 52.0 Å². The number of nitrogens with zero attached hydrogens (tertiary/aromatic N) is 4. The average Bonchev–Trinajstić information content (AvgIpc) is 3.33. The standard InChI is InChI=1S/C22H28ClN5O5S/c1-14-18(23)19-24-25-21(28(19)26-14)22(3,4)13-32-20(29)15(2)33-17-7-5-16(6-8-17)27-9-11-34(30,31)12-10-27/h5-8,15,26H,9-13H2,1-4H3. The maximum atomic E-state index is 12.6. The lowest BCUT2D eigenvalue weighted by Crippen LogP contribution is -2.40. The number of esters is 1. The van der Waals surface area contributed by atoms with Gasteiger partial charge in [0.2, 0.25) is 0 Å². The molecular formula is C22H28ClN5O5S. The van der Waals surface area contributed by atoms with E-state index in [1.54, 1.807) is 23.6 Å². The molecule has 1 aliphatic heterocycles. The van der Waals surface area contributed by atoms with E-state index < -0.39 is 27.3 Å². The number of ether oxygens (including phenoxy) is 2. The molecule has 1 unspecified atom stereocenters. The Morgan fingerprint density at radius 2 is 1.85 bits per heavy atom. The predicted octanol–water partition coefficient (Wildman–Crippen LogP) is 2.54. The van der Waals surface area contributed by atoms with Crippen molar-refractivity contribution in [2.75, 3.05) is 36.1 Å². The molecule has 4 rings (SSSR count). The first-order chi connectivity index (χ1) is 16.0. The Hall–Kier alpha value is -2.79. The number of anilines is 1. The number of carbonyl (C=O) groups excluding carboxylic acids is 1. The fourth-order valence-electron chi connectivity index (χ4n) is 3.75. The van der Waals surface area contributed by atoms with E-state index in [0.717, 1.165) is 11.4 Å². The average molecular weight is 510 g/mol. The van der Waals surface area contributed by atoms with Gasteiger partial charge in [0.1, 0.15) is 17.4 Å². The third-order valence-electron chi connectivity index (χ3n) is 5.84. The van der Waals surface area contributed by atoms with Gasteiger partial charge >= 0.3 is 5.97 Å². The second-order valence-corrected chi connectivity index (χ2v) is 11.8. The number of halogens is 1. The minimum Gasteiger partial charge on any atom is -0.479 e. The fourth-order valence-corrected chi connectivity index (χ4v) is 5.11. The summed E-state index contributed by atoms with van der Waals surface area (Å²) in [7, 11) is -2.93. The highest BCUT2D eigenvalue weighted by Crippen LogP contribution is 2.27. The zero-order valence-corrected chi connectivity index (χ0v) is 21.1. The molecule has 0 amide bonds. The smallest absolute Gasteiger partial charge is 0.347 e. The normalized spacial score (nSPS) is 17.0. The van der Waals surface area contributed by atoms with Gasteiger partial charge in [0.15, 0.2) is 27.4 Å². The Kier molecular flexibility index (Phi) is 6.52. The summed E-state index contributed by atoms with van der Waals surface area (Å²) in [4.78, 5) is 14.6. The highest BCUT2D eigenvalue weighted by molar-refractivity contribution is 7.91. The Morgan fingerprint density at radius 1 is 1.21 bits per heavy atom. The van der Waals surface area contributed by atoms with Crippen LogP contribution in [0.4, 0.5) is 5.69 Å². The van der Waals surface area contributed by atoms with Crippen molar-refractivity contribution in [2.45, 2.75) is 39.2 Å². The van der Waals surface area contributed by atoms with Gasteiger partial charge in [0.05, 0.1) is 22.6 Å². The number of hydrogen-bond acceptors (Lipinski definition) is 8. The first-order valence-electron chi connectivity index (χ1n) is 11.0. The van der Waals surface area contributed by atoms with E-state index in [2.05, 4.69) is 15.3 Å². The van der Waals surface area contributed by atoms with E-state index in [4.69, 9.17) is 21.1 Å². The van der Waals surface area contributed by atoms with Crippen LogP contribution in [0, 0.1) is 6.92 Å². The maximum Gasteiger partial charge on any atom is 0.347 e. The minimum absolute atomic E-state index is 0.0762. The second-order valence-electron chi connectivity index (χ2n) is 9.12. The molecule has 1 saturated heterocycles. The number of hydrogen-bond donors (Lipinski definition) is 1. The van der Waals surface area contributed by atoms with Crippen molar-refractivity contribution in [3.05, 3.63) is 40.8 Å². The molecule has 34 heavy (non-hydrogen) atoms. The van der Waals surface area contributed by atoms with E-state index in [9.17, 15) is 13.2 Å². The van der Waals surface area contributed by atoms with E-state index in [1.807, 2.05) is 37.8 Å². The van der Waals surface area contributed by atoms with Crippen LogP contribution in [-0.4, -0.2) is 71.5 Å². The van der Waals surface area contributed by atoms with E-state index >= 15 is 0 Å². The fraction of sp³-hybridized carbons (Fsp3) is 0.500. The summed E-state index contributed by atoms with van der Waals surface area (Å²) < 4.78 is 36.2. The highest BCUT2D eigenvalue weighted by atomic mass is 35.5. The number of sulfone groups is 1. The summed E-state index contributed by atoms with van der Waals surface area (Å²) in [6, 6.07) is 7.23. The Balaban J connectivity index is 1.33. The van der Waals surface area contributed by atoms with Gasteiger partial charge in [-0.25, -0.2) is 17.7 Å². The molecule has 1 aliphatic rings. The van der Waals surface area contributed by atoms with Crippen molar-refractivity contribution in [3.63, 3.8) is 0 Å². The lowest BCUT2D eigenvalue weighted by Gasteiger charge is -2.28. The van der Waals surface area contributed by atoms with Crippen LogP contribution >= 0.6 is 11.6 Å². The summed E-state index contributed by atoms with van der Waals surface area (Å²) >= 11 is 6.23. The molecule has 12 heteroatoms. The predicted molar refractivity (Wildman–Crippen MR) is 128 cm³/mol. The van der Waals surface area contributed by atoms with Crippen LogP contribution in [0.5, 0.6) is 5.75 Å². The third-order valence-corrected chi connectivity index (χ3v) is 7.90. The van der Waals surface area contributed by atoms with Gasteiger partial charge in [-0.3, -0.25) is 5.10 Å². The highest BCUT2D eigenvalue weighted by Gasteiger charge is 2.31. The number of H-pyrrole nitrogens is 1. The third kappa shape index (κ3) is 5.00. The summed E-state index contributed by atoms with van der Waals surface area (Å²) in [5.74, 6) is 0.926. The maximum absolute atomic E-state index is 12.6. The molecule has 1 atom stereocenters. The van der Waals surface area contributed by atoms with Crippen LogP contribution in [0.2, 0.25) is 5.02 Å². The molecule has 1 N–H and O–H groups in total. The van der Waals surface area contributed by atoms with Gasteiger partial charge < -0.3 is 14.4 Å². The Morgan fingerprint density at radius 3 is 2.50 bits per heavy atom. The number of aromatic amines is 1. The molecule has 3 aromatic rings. The lowest BCUT2D eigenvalue weighted by atomic mass is 9.94. The molecule has 0 radical (unpaired) electrons. The molecular weight excluding hydrogens is 482 g/mol. The van der Waals surface area contributed by atoms with Gasteiger partial charge in [-0.2, -0.15) is 0 Å². The number of benzene rings is 1. The molecule has 1 aromatic carbocycles. The van der Waals surface area contributed by atoms with Crippen LogP contribution in [0.25, 0.3) is 5.65 Å². The number of nitrogens with one attached hydrogen (secondary N) is 1. The number of carbonyl (C=O) groups is 1. The molecule has 3 heterocycles. The monoisotopic (exact) mass is 509 g/mol. The largest absolute Gasteiger partial charge is 0.479 e. The van der Waals surface area contributed by atoms with Crippen LogP contribution in [0.1, 0.15) is 32.3 Å². The molecule has 0 spiro atoms. The summed E-state index contributed by atoms with van der Waals surface area (Å²) in [5.41, 5.74) is 1.59. The molecule has 0 bridgehead atoms. The van der Waals surface area contributed by atoms with Crippen molar-refractivity contribution in [2.24, 2.45) is 0 Å². The molecule has 1 fully saturated rings. The molecule has 2 aromatic heterocycles. The zero-order chi connectivity index (χ0) is 24.7. The van der Waals surface area contributed by atoms with Crippen LogP contribution in [0.3, 0.4) is 0 Å². The topological polar surface area (TPSA) is 119 Å². The van der Waals surface area contributed by atoms with Crippen molar-refractivity contribution in [3.8, 4) is 5.75 Å². The summed E-state index contributed by atoms with van der Waals surface area (Å²) in [6.45, 7) is 8.28. The van der Waals surface area contributed by atoms with Crippen LogP contribution in [-0.2, 0) is 24.8 Å². The van der Waals surface area contributed by atoms with Crippen molar-refractivity contribution >= 4 is 38.7 Å². The van der Waals surface area contributed by atoms with E-state index in [-0.39, 0.29) is 18.1 Å². The Labute approximate surface area is 203 Å². The van der Waals surface area contributed by atoms with E-state index in [1.165, 1.54) is 0 Å². The number of fused-ring (bicyclic) bond motifs is 1. The van der Waals surface area contributed by atoms with Crippen molar-refractivity contribution in [1.29, 1.82) is 0 Å². The summed E-state index contributed by atoms with van der Waals surface area (Å²) in [5, 5.41) is 12.0. The summed E-state index contributed by atoms with van der Waals surface area (Å²) in [6.07, 6.45) is -0.817.